The van der Waals surface area contributed by atoms with Crippen molar-refractivity contribution in [2.45, 2.75) is 32.9 Å². The molecule has 1 fully saturated rings. The van der Waals surface area contributed by atoms with E-state index in [2.05, 4.69) is 0 Å². The molecule has 0 radical (unpaired) electrons. The molecule has 5 nitrogen and oxygen atoms in total. The lowest BCUT2D eigenvalue weighted by Crippen LogP contribution is -2.33. The van der Waals surface area contributed by atoms with Gasteiger partial charge in [0.15, 0.2) is 0 Å². The second-order valence-electron chi connectivity index (χ2n) is 6.89. The average Bonchev–Trinajstić information content (AvgIpc) is 3.25. The Kier molecular flexibility index (Phi) is 5.96. The number of likely N-dealkylation sites (tertiary alicyclic amines) is 1. The van der Waals surface area contributed by atoms with Crippen LogP contribution in [-0.4, -0.2) is 41.0 Å². The minimum absolute atomic E-state index is 0.000741. The van der Waals surface area contributed by atoms with Gasteiger partial charge in [-0.2, -0.15) is 0 Å². The van der Waals surface area contributed by atoms with Gasteiger partial charge in [0.2, 0.25) is 0 Å². The minimum Gasteiger partial charge on any atom is -0.507 e. The van der Waals surface area contributed by atoms with Crippen LogP contribution in [0.2, 0.25) is 0 Å². The molecule has 7 heteroatoms. The van der Waals surface area contributed by atoms with Crippen molar-refractivity contribution in [1.29, 1.82) is 0 Å². The van der Waals surface area contributed by atoms with Crippen molar-refractivity contribution < 1.29 is 23.8 Å². The van der Waals surface area contributed by atoms with E-state index in [0.29, 0.717) is 11.1 Å². The van der Waals surface area contributed by atoms with E-state index in [1.165, 1.54) is 34.4 Å². The van der Waals surface area contributed by atoms with Gasteiger partial charge in [-0.05, 0) is 56.0 Å². The molecule has 1 saturated heterocycles. The van der Waals surface area contributed by atoms with Crippen molar-refractivity contribution in [2.24, 2.45) is 0 Å². The summed E-state index contributed by atoms with van der Waals surface area (Å²) in [5.41, 5.74) is 0.663. The number of aryl methyl sites for hydroxylation is 1. The van der Waals surface area contributed by atoms with Gasteiger partial charge in [-0.1, -0.05) is 6.07 Å². The third-order valence-corrected chi connectivity index (χ3v) is 5.49. The molecule has 1 aromatic carbocycles. The Morgan fingerprint density at radius 3 is 2.68 bits per heavy atom. The first kappa shape index (κ1) is 20.2. The van der Waals surface area contributed by atoms with E-state index < -0.39 is 23.5 Å². The number of ketones is 1. The number of Topliss-reactive ketones (excluding diaryl/α,β-unsaturated/α-hetero) is 1. The van der Waals surface area contributed by atoms with Crippen molar-refractivity contribution in [3.8, 4) is 0 Å². The zero-order chi connectivity index (χ0) is 20.4. The normalized spacial score (nSPS) is 19.0. The number of benzene rings is 1. The predicted molar refractivity (Wildman–Crippen MR) is 106 cm³/mol. The van der Waals surface area contributed by atoms with Crippen molar-refractivity contribution in [3.05, 3.63) is 63.1 Å². The van der Waals surface area contributed by atoms with Crippen LogP contribution in [0.5, 0.6) is 0 Å². The summed E-state index contributed by atoms with van der Waals surface area (Å²) < 4.78 is 19.1. The predicted octanol–water partition coefficient (Wildman–Crippen LogP) is 4.04. The van der Waals surface area contributed by atoms with Gasteiger partial charge in [0.1, 0.15) is 11.6 Å². The maximum absolute atomic E-state index is 13.6. The standard InChI is InChI=1S/C21H22FNO4S/c1-12(2)27-9-8-23-18(16-5-4-10-28-16)17(20(25)21(23)26)19(24)14-6-7-15(22)13(3)11-14/h4-7,10-12,18,24H,8-9H2,1-3H3/b19-17-. The maximum Gasteiger partial charge on any atom is 0.295 e. The second-order valence-corrected chi connectivity index (χ2v) is 7.87. The van der Waals surface area contributed by atoms with Crippen LogP contribution in [0.25, 0.3) is 5.76 Å². The number of aliphatic hydroxyl groups excluding tert-OH is 1. The summed E-state index contributed by atoms with van der Waals surface area (Å²) >= 11 is 1.40. The monoisotopic (exact) mass is 403 g/mol. The van der Waals surface area contributed by atoms with Crippen LogP contribution in [0.4, 0.5) is 4.39 Å². The van der Waals surface area contributed by atoms with Crippen LogP contribution >= 0.6 is 11.3 Å². The Morgan fingerprint density at radius 1 is 1.32 bits per heavy atom. The van der Waals surface area contributed by atoms with Crippen molar-refractivity contribution in [1.82, 2.24) is 4.90 Å². The Labute approximate surface area is 167 Å². The molecule has 1 aromatic heterocycles. The maximum atomic E-state index is 13.6. The van der Waals surface area contributed by atoms with E-state index in [1.54, 1.807) is 6.92 Å². The lowest BCUT2D eigenvalue weighted by Gasteiger charge is -2.24. The fraction of sp³-hybridized carbons (Fsp3) is 0.333. The Bertz CT molecular complexity index is 920. The van der Waals surface area contributed by atoms with Crippen LogP contribution in [0.3, 0.4) is 0 Å². The summed E-state index contributed by atoms with van der Waals surface area (Å²) in [6.07, 6.45) is -0.000741. The first-order valence-corrected chi connectivity index (χ1v) is 9.89. The third-order valence-electron chi connectivity index (χ3n) is 4.57. The van der Waals surface area contributed by atoms with Gasteiger partial charge in [0.05, 0.1) is 24.3 Å². The van der Waals surface area contributed by atoms with Crippen molar-refractivity contribution in [2.75, 3.05) is 13.2 Å². The minimum atomic E-state index is -0.748. The first-order chi connectivity index (χ1) is 13.3. The van der Waals surface area contributed by atoms with Gasteiger partial charge in [-0.15, -0.1) is 11.3 Å². The molecule has 1 N–H and O–H groups in total. The van der Waals surface area contributed by atoms with E-state index in [1.807, 2.05) is 31.4 Å². The molecule has 0 bridgehead atoms. The highest BCUT2D eigenvalue weighted by atomic mass is 32.1. The third kappa shape index (κ3) is 3.86. The molecule has 0 aliphatic carbocycles. The molecule has 2 heterocycles. The summed E-state index contributed by atoms with van der Waals surface area (Å²) in [4.78, 5) is 27.6. The van der Waals surface area contributed by atoms with Gasteiger partial charge < -0.3 is 14.7 Å². The van der Waals surface area contributed by atoms with Gasteiger partial charge in [0.25, 0.3) is 11.7 Å². The summed E-state index contributed by atoms with van der Waals surface area (Å²) in [5, 5.41) is 12.7. The molecule has 1 aliphatic rings. The molecule has 2 aromatic rings. The number of carbonyl (C=O) groups excluding carboxylic acids is 2. The Hall–Kier alpha value is -2.51. The lowest BCUT2D eigenvalue weighted by molar-refractivity contribution is -0.140. The number of rotatable bonds is 6. The van der Waals surface area contributed by atoms with Crippen LogP contribution < -0.4 is 0 Å². The smallest absolute Gasteiger partial charge is 0.295 e. The van der Waals surface area contributed by atoms with E-state index in [4.69, 9.17) is 4.74 Å². The van der Waals surface area contributed by atoms with Gasteiger partial charge in [-0.3, -0.25) is 9.59 Å². The van der Waals surface area contributed by atoms with Crippen LogP contribution in [0.15, 0.2) is 41.3 Å². The summed E-state index contributed by atoms with van der Waals surface area (Å²) in [5.74, 6) is -2.13. The Morgan fingerprint density at radius 2 is 2.07 bits per heavy atom. The van der Waals surface area contributed by atoms with E-state index in [0.717, 1.165) is 4.88 Å². The van der Waals surface area contributed by atoms with Crippen LogP contribution in [0, 0.1) is 12.7 Å². The largest absolute Gasteiger partial charge is 0.507 e. The second kappa shape index (κ2) is 8.24. The van der Waals surface area contributed by atoms with E-state index in [-0.39, 0.29) is 30.6 Å². The quantitative estimate of drug-likeness (QED) is 0.449. The van der Waals surface area contributed by atoms with E-state index in [9.17, 15) is 19.1 Å². The number of carbonyl (C=O) groups is 2. The molecule has 1 amide bonds. The summed E-state index contributed by atoms with van der Waals surface area (Å²) in [6.45, 7) is 5.86. The number of thiophene rings is 1. The van der Waals surface area contributed by atoms with Crippen molar-refractivity contribution >= 4 is 28.8 Å². The topological polar surface area (TPSA) is 66.8 Å². The van der Waals surface area contributed by atoms with Gasteiger partial charge in [0, 0.05) is 17.0 Å². The zero-order valence-electron chi connectivity index (χ0n) is 15.9. The van der Waals surface area contributed by atoms with Gasteiger partial charge >= 0.3 is 0 Å². The number of halogens is 1. The average molecular weight is 403 g/mol. The van der Waals surface area contributed by atoms with Gasteiger partial charge in [-0.25, -0.2) is 4.39 Å². The Balaban J connectivity index is 2.05. The fourth-order valence-corrected chi connectivity index (χ4v) is 4.03. The number of nitrogens with zero attached hydrogens (tertiary/aromatic N) is 1. The molecule has 28 heavy (non-hydrogen) atoms. The first-order valence-electron chi connectivity index (χ1n) is 9.01. The number of hydrogen-bond donors (Lipinski definition) is 1. The molecule has 1 unspecified atom stereocenters. The van der Waals surface area contributed by atoms with Crippen LogP contribution in [0.1, 0.15) is 35.9 Å². The molecule has 148 valence electrons. The molecular weight excluding hydrogens is 381 g/mol. The molecule has 0 spiro atoms. The SMILES string of the molecule is Cc1cc(/C(O)=C2/C(=O)C(=O)N(CCOC(C)C)C2c2cccs2)ccc1F. The van der Waals surface area contributed by atoms with Crippen LogP contribution in [-0.2, 0) is 14.3 Å². The number of amides is 1. The lowest BCUT2D eigenvalue weighted by atomic mass is 9.99. The summed E-state index contributed by atoms with van der Waals surface area (Å²) in [7, 11) is 0. The number of ether oxygens (including phenoxy) is 1. The van der Waals surface area contributed by atoms with Crippen molar-refractivity contribution in [3.63, 3.8) is 0 Å². The molecule has 0 saturated carbocycles. The zero-order valence-corrected chi connectivity index (χ0v) is 16.8. The molecular formula is C21H22FNO4S. The molecule has 1 atom stereocenters. The highest BCUT2D eigenvalue weighted by Gasteiger charge is 2.46. The van der Waals surface area contributed by atoms with E-state index >= 15 is 0 Å². The molecule has 1 aliphatic heterocycles. The highest BCUT2D eigenvalue weighted by molar-refractivity contribution is 7.10. The fourth-order valence-electron chi connectivity index (χ4n) is 3.19. The number of hydrogen-bond acceptors (Lipinski definition) is 5. The highest BCUT2D eigenvalue weighted by Crippen LogP contribution is 2.41. The summed E-state index contributed by atoms with van der Waals surface area (Å²) in [6, 6.07) is 7.05. The number of aliphatic hydroxyl groups is 1. The molecule has 3 rings (SSSR count).